The van der Waals surface area contributed by atoms with Gasteiger partial charge in [-0.2, -0.15) is 22.2 Å². The zero-order valence-electron chi connectivity index (χ0n) is 34.0. The Bertz CT molecular complexity index is 1320. The Hall–Kier alpha value is -0.946. The van der Waals surface area contributed by atoms with Crippen LogP contribution in [0.15, 0.2) is 36.4 Å². The molecule has 4 unspecified atom stereocenters. The highest BCUT2D eigenvalue weighted by atomic mass is 35.6. The van der Waals surface area contributed by atoms with E-state index >= 15 is 0 Å². The van der Waals surface area contributed by atoms with Gasteiger partial charge in [-0.25, -0.2) is 0 Å². The lowest BCUT2D eigenvalue weighted by molar-refractivity contribution is 0.351. The molecule has 4 atom stereocenters. The van der Waals surface area contributed by atoms with Crippen LogP contribution in [0.4, 0.5) is 11.4 Å². The zero-order chi connectivity index (χ0) is 36.7. The maximum absolute atomic E-state index is 8.61. The normalized spacial score (nSPS) is 25.8. The average molecular weight is 730 g/mol. The zero-order valence-corrected chi connectivity index (χ0v) is 37.5. The van der Waals surface area contributed by atoms with E-state index in [1.807, 2.05) is 0 Å². The quantitative estimate of drug-likeness (QED) is 0.187. The number of halogens is 2. The summed E-state index contributed by atoms with van der Waals surface area (Å²) < 4.78 is 0. The van der Waals surface area contributed by atoms with Gasteiger partial charge >= 0.3 is 0 Å². The topological polar surface area (TPSA) is 6.48 Å². The van der Waals surface area contributed by atoms with Gasteiger partial charge in [0, 0.05) is 33.8 Å². The van der Waals surface area contributed by atoms with Crippen molar-refractivity contribution < 1.29 is 0 Å². The van der Waals surface area contributed by atoms with E-state index in [0.29, 0.717) is 23.7 Å². The molecule has 0 aliphatic carbocycles. The minimum atomic E-state index is -2.80. The first-order chi connectivity index (χ1) is 21.6. The van der Waals surface area contributed by atoms with E-state index < -0.39 is 13.8 Å². The molecule has 2 fully saturated rings. The van der Waals surface area contributed by atoms with E-state index in [-0.39, 0.29) is 33.2 Å². The van der Waals surface area contributed by atoms with Gasteiger partial charge in [0.15, 0.2) is 13.8 Å². The molecule has 4 rings (SSSR count). The second kappa shape index (κ2) is 12.9. The van der Waals surface area contributed by atoms with Crippen molar-refractivity contribution in [1.82, 2.24) is 0 Å². The fraction of sp³-hybridized carbons (Fsp3) is 0.714. The Labute approximate surface area is 308 Å². The molecule has 2 saturated heterocycles. The number of rotatable bonds is 9. The van der Waals surface area contributed by atoms with E-state index in [0.717, 1.165) is 12.8 Å². The third kappa shape index (κ3) is 6.49. The first-order valence-corrected chi connectivity index (χ1v) is 27.0. The predicted molar refractivity (Wildman–Crippen MR) is 222 cm³/mol. The highest BCUT2D eigenvalue weighted by Gasteiger charge is 2.71. The predicted octanol–water partition coefficient (Wildman–Crippen LogP) is 13.4. The maximum atomic E-state index is 8.61. The summed E-state index contributed by atoms with van der Waals surface area (Å²) in [5.41, 5.74) is 8.84. The van der Waals surface area contributed by atoms with Crippen LogP contribution in [0.5, 0.6) is 0 Å². The van der Waals surface area contributed by atoms with Gasteiger partial charge in [0.05, 0.1) is 0 Å². The van der Waals surface area contributed by atoms with Gasteiger partial charge in [-0.1, -0.05) is 133 Å². The van der Waals surface area contributed by atoms with Gasteiger partial charge in [-0.15, -0.1) is 0 Å². The molecule has 0 spiro atoms. The summed E-state index contributed by atoms with van der Waals surface area (Å²) >= 11 is 17.2. The molecule has 2 aromatic rings. The lowest BCUT2D eigenvalue weighted by Gasteiger charge is -2.55. The van der Waals surface area contributed by atoms with E-state index in [2.05, 4.69) is 170 Å². The molecule has 0 radical (unpaired) electrons. The second-order valence-electron chi connectivity index (χ2n) is 19.8. The molecule has 0 N–H and O–H groups in total. The van der Waals surface area contributed by atoms with Gasteiger partial charge < -0.3 is 9.80 Å². The Morgan fingerprint density at radius 2 is 0.750 bits per heavy atom. The summed E-state index contributed by atoms with van der Waals surface area (Å²) in [7, 11) is 0. The molecule has 2 nitrogen and oxygen atoms in total. The minimum absolute atomic E-state index is 0.00423. The SMILES string of the molecule is CC(C)c1cccc(C(C)C)c1N1C([Si](C)(Cl)[Si](C)(Cl)C2N(c3c(C(C)C)cccc3C(C)C)C(C)(C)CC2(C)C)C(C)(C)CC1(C)C. The smallest absolute Gasteiger partial charge is 0.187 e. The minimum Gasteiger partial charge on any atom is -0.364 e. The van der Waals surface area contributed by atoms with Crippen molar-refractivity contribution in [2.24, 2.45) is 10.8 Å². The van der Waals surface area contributed by atoms with Crippen LogP contribution in [-0.4, -0.2) is 36.2 Å². The Morgan fingerprint density at radius 1 is 0.521 bits per heavy atom. The van der Waals surface area contributed by atoms with E-state index in [1.165, 1.54) is 33.6 Å². The van der Waals surface area contributed by atoms with Gasteiger partial charge in [-0.3, -0.25) is 0 Å². The number of para-hydroxylation sites is 2. The van der Waals surface area contributed by atoms with Gasteiger partial charge in [0.25, 0.3) is 0 Å². The van der Waals surface area contributed by atoms with Gasteiger partial charge in [0.2, 0.25) is 0 Å². The number of hydrogen-bond acceptors (Lipinski definition) is 2. The van der Waals surface area contributed by atoms with Crippen molar-refractivity contribution in [3.63, 3.8) is 0 Å². The molecule has 0 aromatic heterocycles. The fourth-order valence-corrected chi connectivity index (χ4v) is 27.6. The summed E-state index contributed by atoms with van der Waals surface area (Å²) in [6.07, 6.45) is 2.17. The number of anilines is 2. The number of benzene rings is 2. The number of nitrogens with zero attached hydrogens (tertiary/aromatic N) is 2. The van der Waals surface area contributed by atoms with Crippen LogP contribution >= 0.6 is 22.2 Å². The average Bonchev–Trinajstić information content (AvgIpc) is 3.25. The monoisotopic (exact) mass is 728 g/mol. The van der Waals surface area contributed by atoms with Crippen LogP contribution in [0.1, 0.15) is 170 Å². The van der Waals surface area contributed by atoms with Crippen molar-refractivity contribution in [3.8, 4) is 0 Å². The number of hydrogen-bond donors (Lipinski definition) is 0. The lowest BCUT2D eigenvalue weighted by Crippen LogP contribution is -2.75. The standard InChI is InChI=1S/C42H70Cl2N2Si2/c1-27(2)31-21-19-22-32(28(3)4)35(31)45-37(39(9,10)25-41(45,13)14)47(17,43)48(18,44)38-40(11,12)26-42(15,16)46(38)36-33(29(5)6)23-20-24-34(36)30(7)8/h19-24,27-30,37-38H,25-26H2,1-18H3. The molecule has 48 heavy (non-hydrogen) atoms. The van der Waals surface area contributed by atoms with Crippen LogP contribution in [0.25, 0.3) is 0 Å². The second-order valence-corrected chi connectivity index (χ2v) is 38.1. The fourth-order valence-electron chi connectivity index (χ4n) is 10.9. The van der Waals surface area contributed by atoms with Gasteiger partial charge in [0.1, 0.15) is 0 Å². The van der Waals surface area contributed by atoms with Crippen LogP contribution in [0.2, 0.25) is 13.1 Å². The molecule has 2 aliphatic rings. The van der Waals surface area contributed by atoms with Crippen LogP contribution in [0, 0.1) is 10.8 Å². The third-order valence-corrected chi connectivity index (χ3v) is 34.8. The summed E-state index contributed by atoms with van der Waals surface area (Å²) in [6.45, 7) is 38.0. The van der Waals surface area contributed by atoms with E-state index in [9.17, 15) is 0 Å². The van der Waals surface area contributed by atoms with E-state index in [4.69, 9.17) is 22.2 Å². The molecule has 2 aromatic carbocycles. The Balaban J connectivity index is 2.05. The van der Waals surface area contributed by atoms with Crippen LogP contribution in [0.3, 0.4) is 0 Å². The van der Waals surface area contributed by atoms with Crippen molar-refractivity contribution in [2.45, 2.75) is 183 Å². The summed E-state index contributed by atoms with van der Waals surface area (Å²) in [6, 6.07) is 14.0. The van der Waals surface area contributed by atoms with Gasteiger partial charge in [-0.05, 0) is 97.3 Å². The molecule has 6 heteroatoms. The van der Waals surface area contributed by atoms with Crippen molar-refractivity contribution in [2.75, 3.05) is 9.80 Å². The van der Waals surface area contributed by atoms with E-state index in [1.54, 1.807) is 0 Å². The van der Waals surface area contributed by atoms with Crippen LogP contribution in [-0.2, 0) is 0 Å². The third-order valence-electron chi connectivity index (χ3n) is 12.2. The molecule has 0 saturated carbocycles. The molecular weight excluding hydrogens is 660 g/mol. The molecule has 2 aliphatic heterocycles. The first kappa shape index (κ1) is 39.8. The highest BCUT2D eigenvalue weighted by Crippen LogP contribution is 2.61. The van der Waals surface area contributed by atoms with Crippen molar-refractivity contribution in [1.29, 1.82) is 0 Å². The summed E-state index contributed by atoms with van der Waals surface area (Å²) in [5, 5.41) is 0. The van der Waals surface area contributed by atoms with Crippen LogP contribution < -0.4 is 9.80 Å². The molecule has 270 valence electrons. The Kier molecular flexibility index (Phi) is 10.7. The molecule has 2 heterocycles. The first-order valence-electron chi connectivity index (χ1n) is 18.9. The molecular formula is C42H70Cl2N2Si2. The summed E-state index contributed by atoms with van der Waals surface area (Å²) in [5.74, 6) is 1.64. The summed E-state index contributed by atoms with van der Waals surface area (Å²) in [4.78, 5) is 5.70. The highest BCUT2D eigenvalue weighted by molar-refractivity contribution is 7.72. The van der Waals surface area contributed by atoms with Crippen molar-refractivity contribution in [3.05, 3.63) is 58.7 Å². The molecule has 0 amide bonds. The maximum Gasteiger partial charge on any atom is 0.187 e. The molecule has 0 bridgehead atoms. The largest absolute Gasteiger partial charge is 0.364 e. The Morgan fingerprint density at radius 3 is 0.958 bits per heavy atom. The van der Waals surface area contributed by atoms with Crippen molar-refractivity contribution >= 4 is 47.3 Å². The lowest BCUT2D eigenvalue weighted by atomic mass is 9.85.